The normalized spacial score (nSPS) is 34.1. The van der Waals surface area contributed by atoms with Crippen LogP contribution in [0.3, 0.4) is 0 Å². The molecular weight excluding hydrogens is 186 g/mol. The lowest BCUT2D eigenvalue weighted by Gasteiger charge is -2.27. The highest BCUT2D eigenvalue weighted by atomic mass is 16.3. The fourth-order valence-electron chi connectivity index (χ4n) is 2.68. The van der Waals surface area contributed by atoms with E-state index in [9.17, 15) is 5.11 Å². The van der Waals surface area contributed by atoms with E-state index < -0.39 is 0 Å². The van der Waals surface area contributed by atoms with Crippen molar-refractivity contribution in [2.24, 2.45) is 0 Å². The van der Waals surface area contributed by atoms with Gasteiger partial charge in [0, 0.05) is 6.04 Å². The van der Waals surface area contributed by atoms with E-state index in [0.29, 0.717) is 6.04 Å². The highest BCUT2D eigenvalue weighted by Crippen LogP contribution is 2.24. The van der Waals surface area contributed by atoms with E-state index >= 15 is 0 Å². The van der Waals surface area contributed by atoms with Gasteiger partial charge < -0.3 is 10.4 Å². The van der Waals surface area contributed by atoms with Crippen molar-refractivity contribution in [1.29, 1.82) is 0 Å². The molecule has 0 radical (unpaired) electrons. The molecule has 2 aliphatic rings. The highest BCUT2D eigenvalue weighted by Gasteiger charge is 2.19. The predicted molar refractivity (Wildman–Crippen MR) is 62.8 cm³/mol. The average molecular weight is 209 g/mol. The van der Waals surface area contributed by atoms with Gasteiger partial charge in [-0.1, -0.05) is 30.9 Å². The summed E-state index contributed by atoms with van der Waals surface area (Å²) in [5.74, 6) is 0. The van der Waals surface area contributed by atoms with Crippen LogP contribution in [0.4, 0.5) is 0 Å². The summed E-state index contributed by atoms with van der Waals surface area (Å²) in [5.41, 5.74) is 1.56. The Kier molecular flexibility index (Phi) is 4.21. The highest BCUT2D eigenvalue weighted by molar-refractivity contribution is 5.14. The molecule has 1 saturated heterocycles. The minimum absolute atomic E-state index is 0.0812. The molecule has 0 spiro atoms. The molecule has 2 atom stereocenters. The molecule has 1 fully saturated rings. The third-order valence-corrected chi connectivity index (χ3v) is 3.68. The van der Waals surface area contributed by atoms with E-state index in [-0.39, 0.29) is 6.10 Å². The quantitative estimate of drug-likeness (QED) is 0.650. The number of rotatable bonds is 1. The van der Waals surface area contributed by atoms with Gasteiger partial charge in [0.15, 0.2) is 0 Å². The van der Waals surface area contributed by atoms with Crippen molar-refractivity contribution in [3.63, 3.8) is 0 Å². The molecule has 2 nitrogen and oxygen atoms in total. The first-order chi connectivity index (χ1) is 7.36. The van der Waals surface area contributed by atoms with Crippen LogP contribution in [0.5, 0.6) is 0 Å². The fraction of sp³-hybridized carbons (Fsp3) is 0.846. The summed E-state index contributed by atoms with van der Waals surface area (Å²) in [4.78, 5) is 0. The Balaban J connectivity index is 1.89. The van der Waals surface area contributed by atoms with Crippen LogP contribution in [0.15, 0.2) is 11.6 Å². The number of aliphatic hydroxyl groups is 1. The molecule has 15 heavy (non-hydrogen) atoms. The molecule has 1 heterocycles. The molecule has 1 aliphatic heterocycles. The van der Waals surface area contributed by atoms with Gasteiger partial charge in [-0.2, -0.15) is 0 Å². The Bertz CT molecular complexity index is 217. The largest absolute Gasteiger partial charge is 0.393 e. The van der Waals surface area contributed by atoms with Crippen molar-refractivity contribution in [2.45, 2.75) is 63.5 Å². The van der Waals surface area contributed by atoms with Gasteiger partial charge in [-0.15, -0.1) is 0 Å². The first-order valence-electron chi connectivity index (χ1n) is 6.46. The van der Waals surface area contributed by atoms with Crippen molar-refractivity contribution >= 4 is 0 Å². The molecule has 0 bridgehead atoms. The Morgan fingerprint density at radius 2 is 2.00 bits per heavy atom. The lowest BCUT2D eigenvalue weighted by molar-refractivity contribution is 0.160. The van der Waals surface area contributed by atoms with Crippen molar-refractivity contribution in [3.8, 4) is 0 Å². The minimum Gasteiger partial charge on any atom is -0.393 e. The number of hydrogen-bond acceptors (Lipinski definition) is 2. The monoisotopic (exact) mass is 209 g/mol. The van der Waals surface area contributed by atoms with E-state index in [1.807, 2.05) is 0 Å². The predicted octanol–water partition coefficient (Wildman–Crippen LogP) is 2.38. The summed E-state index contributed by atoms with van der Waals surface area (Å²) in [6.07, 6.45) is 11.9. The summed E-state index contributed by atoms with van der Waals surface area (Å²) in [5, 5.41) is 13.1. The summed E-state index contributed by atoms with van der Waals surface area (Å²) >= 11 is 0. The zero-order valence-electron chi connectivity index (χ0n) is 9.54. The molecular formula is C13H23NO. The SMILES string of the molecule is O[C@H]1CC=C(C2CCCCCCN2)CC1. The smallest absolute Gasteiger partial charge is 0.0577 e. The zero-order chi connectivity index (χ0) is 10.5. The average Bonchev–Trinajstić information content (AvgIpc) is 2.19. The molecule has 0 aromatic carbocycles. The van der Waals surface area contributed by atoms with E-state index in [4.69, 9.17) is 0 Å². The molecule has 86 valence electrons. The maximum absolute atomic E-state index is 9.46. The topological polar surface area (TPSA) is 32.3 Å². The second-order valence-corrected chi connectivity index (χ2v) is 4.92. The van der Waals surface area contributed by atoms with Crippen LogP contribution in [0.2, 0.25) is 0 Å². The molecule has 2 rings (SSSR count). The van der Waals surface area contributed by atoms with Gasteiger partial charge in [-0.3, -0.25) is 0 Å². The van der Waals surface area contributed by atoms with Crippen molar-refractivity contribution < 1.29 is 5.11 Å². The van der Waals surface area contributed by atoms with E-state index in [1.54, 1.807) is 5.57 Å². The molecule has 0 saturated carbocycles. The van der Waals surface area contributed by atoms with Crippen LogP contribution in [-0.2, 0) is 0 Å². The summed E-state index contributed by atoms with van der Waals surface area (Å²) in [6.45, 7) is 1.17. The Hall–Kier alpha value is -0.340. The van der Waals surface area contributed by atoms with Crippen LogP contribution in [0.1, 0.15) is 51.4 Å². The third-order valence-electron chi connectivity index (χ3n) is 3.68. The van der Waals surface area contributed by atoms with Crippen LogP contribution < -0.4 is 5.32 Å². The van der Waals surface area contributed by atoms with E-state index in [0.717, 1.165) is 19.3 Å². The second kappa shape index (κ2) is 5.66. The standard InChI is InChI=1S/C13H23NO/c15-12-8-6-11(7-9-12)13-5-3-1-2-4-10-14-13/h6,12-15H,1-5,7-10H2/t12-,13?/m0/s1. The van der Waals surface area contributed by atoms with Crippen LogP contribution in [0.25, 0.3) is 0 Å². The Morgan fingerprint density at radius 3 is 2.80 bits per heavy atom. The first-order valence-corrected chi connectivity index (χ1v) is 6.46. The third kappa shape index (κ3) is 3.32. The van der Waals surface area contributed by atoms with Gasteiger partial charge in [-0.25, -0.2) is 0 Å². The van der Waals surface area contributed by atoms with Crippen molar-refractivity contribution in [1.82, 2.24) is 5.32 Å². The lowest BCUT2D eigenvalue weighted by Crippen LogP contribution is -2.34. The maximum Gasteiger partial charge on any atom is 0.0577 e. The summed E-state index contributed by atoms with van der Waals surface area (Å²) in [6, 6.07) is 0.609. The Labute approximate surface area is 92.8 Å². The van der Waals surface area contributed by atoms with Gasteiger partial charge >= 0.3 is 0 Å². The minimum atomic E-state index is -0.0812. The molecule has 2 heteroatoms. The van der Waals surface area contributed by atoms with Gasteiger partial charge in [0.1, 0.15) is 0 Å². The molecule has 0 aromatic rings. The van der Waals surface area contributed by atoms with E-state index in [2.05, 4.69) is 11.4 Å². The first kappa shape index (κ1) is 11.2. The summed E-state index contributed by atoms with van der Waals surface area (Å²) in [7, 11) is 0. The van der Waals surface area contributed by atoms with Crippen molar-refractivity contribution in [2.75, 3.05) is 6.54 Å². The van der Waals surface area contributed by atoms with Crippen LogP contribution in [-0.4, -0.2) is 23.8 Å². The molecule has 1 aliphatic carbocycles. The molecule has 1 unspecified atom stereocenters. The zero-order valence-corrected chi connectivity index (χ0v) is 9.54. The maximum atomic E-state index is 9.46. The fourth-order valence-corrected chi connectivity index (χ4v) is 2.68. The van der Waals surface area contributed by atoms with Crippen molar-refractivity contribution in [3.05, 3.63) is 11.6 Å². The van der Waals surface area contributed by atoms with E-state index in [1.165, 1.54) is 38.6 Å². The number of aliphatic hydroxyl groups excluding tert-OH is 1. The Morgan fingerprint density at radius 1 is 1.13 bits per heavy atom. The number of nitrogens with one attached hydrogen (secondary N) is 1. The molecule has 2 N–H and O–H groups in total. The van der Waals surface area contributed by atoms with Crippen LogP contribution in [0, 0.1) is 0 Å². The van der Waals surface area contributed by atoms with Gasteiger partial charge in [0.25, 0.3) is 0 Å². The second-order valence-electron chi connectivity index (χ2n) is 4.92. The summed E-state index contributed by atoms with van der Waals surface area (Å²) < 4.78 is 0. The lowest BCUT2D eigenvalue weighted by atomic mass is 9.89. The van der Waals surface area contributed by atoms with Crippen LogP contribution >= 0.6 is 0 Å². The molecule has 0 amide bonds. The molecule has 0 aromatic heterocycles. The van der Waals surface area contributed by atoms with Gasteiger partial charge in [0.05, 0.1) is 6.10 Å². The van der Waals surface area contributed by atoms with Gasteiger partial charge in [-0.05, 0) is 38.6 Å². The van der Waals surface area contributed by atoms with Gasteiger partial charge in [0.2, 0.25) is 0 Å². The number of hydrogen-bond donors (Lipinski definition) is 2.